The van der Waals surface area contributed by atoms with E-state index in [9.17, 15) is 18.0 Å². The van der Waals surface area contributed by atoms with Gasteiger partial charge in [-0.3, -0.25) is 9.36 Å². The zero-order chi connectivity index (χ0) is 18.0. The smallest absolute Gasteiger partial charge is 0.420 e. The lowest BCUT2D eigenvalue weighted by atomic mass is 10.2. The van der Waals surface area contributed by atoms with E-state index in [0.29, 0.717) is 12.1 Å². The summed E-state index contributed by atoms with van der Waals surface area (Å²) in [6.07, 6.45) is 1.60. The van der Waals surface area contributed by atoms with Crippen molar-refractivity contribution < 1.29 is 27.1 Å². The normalized spacial score (nSPS) is 17.9. The van der Waals surface area contributed by atoms with Gasteiger partial charge in [0.15, 0.2) is 5.58 Å². The Hall–Kier alpha value is -2.17. The number of sulfonamides is 1. The van der Waals surface area contributed by atoms with E-state index in [0.717, 1.165) is 17.4 Å². The van der Waals surface area contributed by atoms with Crippen LogP contribution < -0.4 is 10.5 Å². The number of methoxy groups -OCH3 is 1. The molecule has 0 spiro atoms. The first-order chi connectivity index (χ1) is 11.9. The fourth-order valence-corrected chi connectivity index (χ4v) is 3.73. The number of aromatic nitrogens is 1. The molecular formula is C15H18N2O7S. The van der Waals surface area contributed by atoms with Gasteiger partial charge in [-0.15, -0.1) is 0 Å². The highest BCUT2D eigenvalue weighted by atomic mass is 32.2. The van der Waals surface area contributed by atoms with E-state index >= 15 is 0 Å². The number of hydrogen-bond acceptors (Lipinski definition) is 7. The summed E-state index contributed by atoms with van der Waals surface area (Å²) in [7, 11) is -2.56. The van der Waals surface area contributed by atoms with Crippen LogP contribution in [0.4, 0.5) is 0 Å². The van der Waals surface area contributed by atoms with E-state index in [1.807, 2.05) is 0 Å². The first kappa shape index (κ1) is 17.6. The SMILES string of the molecule is COC(=O)Cn1c(=O)oc2cc(S(=O)(=O)NC[C@H]3CCCO3)ccc21. The second kappa shape index (κ2) is 6.98. The van der Waals surface area contributed by atoms with Crippen LogP contribution in [0.3, 0.4) is 0 Å². The van der Waals surface area contributed by atoms with Crippen LogP contribution in [0.15, 0.2) is 32.3 Å². The molecule has 3 rings (SSSR count). The van der Waals surface area contributed by atoms with Gasteiger partial charge in [0, 0.05) is 19.2 Å². The maximum Gasteiger partial charge on any atom is 0.420 e. The lowest BCUT2D eigenvalue weighted by molar-refractivity contribution is -0.141. The van der Waals surface area contributed by atoms with Crippen molar-refractivity contribution in [3.05, 3.63) is 28.7 Å². The van der Waals surface area contributed by atoms with Crippen LogP contribution in [0.25, 0.3) is 11.1 Å². The molecular weight excluding hydrogens is 352 g/mol. The zero-order valence-corrected chi connectivity index (χ0v) is 14.4. The molecule has 1 aromatic carbocycles. The van der Waals surface area contributed by atoms with Gasteiger partial charge >= 0.3 is 11.7 Å². The molecule has 1 aromatic heterocycles. The van der Waals surface area contributed by atoms with Crippen molar-refractivity contribution in [2.24, 2.45) is 0 Å². The molecule has 0 saturated carbocycles. The van der Waals surface area contributed by atoms with Crippen molar-refractivity contribution >= 4 is 27.1 Å². The summed E-state index contributed by atoms with van der Waals surface area (Å²) in [5, 5.41) is 0. The summed E-state index contributed by atoms with van der Waals surface area (Å²) < 4.78 is 43.3. The molecule has 0 amide bonds. The molecule has 1 fully saturated rings. The van der Waals surface area contributed by atoms with E-state index < -0.39 is 21.7 Å². The third kappa shape index (κ3) is 3.75. The van der Waals surface area contributed by atoms with Gasteiger partial charge in [0.1, 0.15) is 6.54 Å². The van der Waals surface area contributed by atoms with E-state index in [1.54, 1.807) is 0 Å². The van der Waals surface area contributed by atoms with Crippen LogP contribution >= 0.6 is 0 Å². The molecule has 136 valence electrons. The van der Waals surface area contributed by atoms with Gasteiger partial charge < -0.3 is 13.9 Å². The second-order valence-electron chi connectivity index (χ2n) is 5.65. The topological polar surface area (TPSA) is 117 Å². The minimum absolute atomic E-state index is 0.0306. The summed E-state index contributed by atoms with van der Waals surface area (Å²) in [5.74, 6) is -1.37. The Morgan fingerprint density at radius 1 is 1.44 bits per heavy atom. The fourth-order valence-electron chi connectivity index (χ4n) is 2.65. The molecule has 1 aliphatic heterocycles. The summed E-state index contributed by atoms with van der Waals surface area (Å²) >= 11 is 0. The maximum atomic E-state index is 12.4. The number of benzene rings is 1. The number of nitrogens with one attached hydrogen (secondary N) is 1. The number of fused-ring (bicyclic) bond motifs is 1. The molecule has 0 aliphatic carbocycles. The number of carbonyl (C=O) groups excluding carboxylic acids is 1. The van der Waals surface area contributed by atoms with E-state index in [4.69, 9.17) is 9.15 Å². The van der Waals surface area contributed by atoms with Crippen molar-refractivity contribution in [3.8, 4) is 0 Å². The van der Waals surface area contributed by atoms with Crippen molar-refractivity contribution in [3.63, 3.8) is 0 Å². The quantitative estimate of drug-likeness (QED) is 0.723. The summed E-state index contributed by atoms with van der Waals surface area (Å²) in [6, 6.07) is 4.02. The Kier molecular flexibility index (Phi) is 4.93. The molecule has 9 nitrogen and oxygen atoms in total. The molecule has 25 heavy (non-hydrogen) atoms. The highest BCUT2D eigenvalue weighted by molar-refractivity contribution is 7.89. The maximum absolute atomic E-state index is 12.4. The molecule has 2 heterocycles. The van der Waals surface area contributed by atoms with E-state index in [2.05, 4.69) is 9.46 Å². The molecule has 1 saturated heterocycles. The average Bonchev–Trinajstić information content (AvgIpc) is 3.21. The van der Waals surface area contributed by atoms with Crippen molar-refractivity contribution in [1.29, 1.82) is 0 Å². The van der Waals surface area contributed by atoms with Crippen molar-refractivity contribution in [2.75, 3.05) is 20.3 Å². The summed E-state index contributed by atoms with van der Waals surface area (Å²) in [6.45, 7) is 0.511. The van der Waals surface area contributed by atoms with Crippen LogP contribution in [-0.2, 0) is 30.8 Å². The van der Waals surface area contributed by atoms with E-state index in [1.165, 1.54) is 25.3 Å². The van der Waals surface area contributed by atoms with Crippen molar-refractivity contribution in [1.82, 2.24) is 9.29 Å². The van der Waals surface area contributed by atoms with Gasteiger partial charge in [-0.25, -0.2) is 17.9 Å². The molecule has 0 bridgehead atoms. The lowest BCUT2D eigenvalue weighted by Gasteiger charge is -2.11. The molecule has 1 N–H and O–H groups in total. The largest absolute Gasteiger partial charge is 0.468 e. The zero-order valence-electron chi connectivity index (χ0n) is 13.6. The first-order valence-electron chi connectivity index (χ1n) is 7.72. The Balaban J connectivity index is 1.85. The molecule has 1 atom stereocenters. The van der Waals surface area contributed by atoms with Gasteiger partial charge in [-0.2, -0.15) is 0 Å². The van der Waals surface area contributed by atoms with Crippen LogP contribution in [0, 0.1) is 0 Å². The monoisotopic (exact) mass is 370 g/mol. The minimum atomic E-state index is -3.76. The molecule has 2 aromatic rings. The Morgan fingerprint density at radius 2 is 2.24 bits per heavy atom. The summed E-state index contributed by atoms with van der Waals surface area (Å²) in [5.41, 5.74) is 0.391. The number of hydrogen-bond donors (Lipinski definition) is 1. The number of nitrogens with zero attached hydrogens (tertiary/aromatic N) is 1. The van der Waals surface area contributed by atoms with Crippen LogP contribution in [0.1, 0.15) is 12.8 Å². The molecule has 0 unspecified atom stereocenters. The van der Waals surface area contributed by atoms with Gasteiger partial charge in [0.05, 0.1) is 23.6 Å². The number of esters is 1. The number of ether oxygens (including phenoxy) is 2. The molecule has 1 aliphatic rings. The van der Waals surface area contributed by atoms with Gasteiger partial charge in [-0.05, 0) is 25.0 Å². The Morgan fingerprint density at radius 3 is 2.92 bits per heavy atom. The van der Waals surface area contributed by atoms with Gasteiger partial charge in [0.25, 0.3) is 0 Å². The predicted octanol–water partition coefficient (Wildman–Crippen LogP) is 0.225. The fraction of sp³-hybridized carbons (Fsp3) is 0.467. The standard InChI is InChI=1S/C15H18N2O7S/c1-22-14(18)9-17-12-5-4-11(7-13(12)24-15(17)19)25(20,21)16-8-10-3-2-6-23-10/h4-5,7,10,16H,2-3,6,8-9H2,1H3/t10-/m1/s1. The van der Waals surface area contributed by atoms with Crippen LogP contribution in [-0.4, -0.2) is 45.3 Å². The third-order valence-electron chi connectivity index (χ3n) is 3.99. The molecule has 0 radical (unpaired) electrons. The van der Waals surface area contributed by atoms with E-state index in [-0.39, 0.29) is 29.7 Å². The Labute approximate surface area is 143 Å². The predicted molar refractivity (Wildman–Crippen MR) is 86.7 cm³/mol. The number of carbonyl (C=O) groups is 1. The number of rotatable bonds is 6. The van der Waals surface area contributed by atoms with Gasteiger partial charge in [0.2, 0.25) is 10.0 Å². The minimum Gasteiger partial charge on any atom is -0.468 e. The van der Waals surface area contributed by atoms with Crippen LogP contribution in [0.2, 0.25) is 0 Å². The number of oxazole rings is 1. The highest BCUT2D eigenvalue weighted by Gasteiger charge is 2.22. The van der Waals surface area contributed by atoms with Crippen LogP contribution in [0.5, 0.6) is 0 Å². The molecule has 10 heteroatoms. The first-order valence-corrected chi connectivity index (χ1v) is 9.20. The highest BCUT2D eigenvalue weighted by Crippen LogP contribution is 2.19. The van der Waals surface area contributed by atoms with Gasteiger partial charge in [-0.1, -0.05) is 0 Å². The average molecular weight is 370 g/mol. The Bertz CT molecular complexity index is 938. The second-order valence-corrected chi connectivity index (χ2v) is 7.41. The summed E-state index contributed by atoms with van der Waals surface area (Å²) in [4.78, 5) is 23.2. The van der Waals surface area contributed by atoms with Crippen molar-refractivity contribution in [2.45, 2.75) is 30.4 Å². The third-order valence-corrected chi connectivity index (χ3v) is 5.41. The lowest BCUT2D eigenvalue weighted by Crippen LogP contribution is -2.31.